The molecule has 0 spiro atoms. The van der Waals surface area contributed by atoms with Crippen molar-refractivity contribution in [2.45, 2.75) is 6.92 Å². The molecule has 2 rings (SSSR count). The van der Waals surface area contributed by atoms with E-state index in [-0.39, 0.29) is 5.56 Å². The van der Waals surface area contributed by atoms with Gasteiger partial charge in [-0.1, -0.05) is 0 Å². The van der Waals surface area contributed by atoms with Crippen LogP contribution < -0.4 is 15.0 Å². The lowest BCUT2D eigenvalue weighted by Gasteiger charge is -2.13. The Hall–Kier alpha value is -1.97. The van der Waals surface area contributed by atoms with Crippen molar-refractivity contribution >= 4 is 10.8 Å². The van der Waals surface area contributed by atoms with E-state index in [0.29, 0.717) is 11.5 Å². The van der Waals surface area contributed by atoms with E-state index in [1.54, 1.807) is 26.5 Å². The quantitative estimate of drug-likeness (QED) is 0.838. The van der Waals surface area contributed by atoms with Gasteiger partial charge in [-0.05, 0) is 23.9 Å². The summed E-state index contributed by atoms with van der Waals surface area (Å²) in [4.78, 5) is 13.8. The highest BCUT2D eigenvalue weighted by Gasteiger charge is 2.12. The topological polar surface area (TPSA) is 51.3 Å². The third-order valence-corrected chi connectivity index (χ3v) is 2.55. The summed E-state index contributed by atoms with van der Waals surface area (Å²) in [7, 11) is 3.18. The number of rotatable bonds is 2. The van der Waals surface area contributed by atoms with E-state index < -0.39 is 0 Å². The van der Waals surface area contributed by atoms with Crippen molar-refractivity contribution in [3.8, 4) is 11.5 Å². The first-order chi connectivity index (χ1) is 7.67. The zero-order valence-electron chi connectivity index (χ0n) is 9.46. The summed E-state index contributed by atoms with van der Waals surface area (Å²) >= 11 is 0. The van der Waals surface area contributed by atoms with Crippen LogP contribution in [-0.2, 0) is 0 Å². The minimum Gasteiger partial charge on any atom is -0.493 e. The van der Waals surface area contributed by atoms with Crippen molar-refractivity contribution < 1.29 is 9.47 Å². The summed E-state index contributed by atoms with van der Waals surface area (Å²) in [6, 6.07) is 3.45. The van der Waals surface area contributed by atoms with Gasteiger partial charge < -0.3 is 14.5 Å². The van der Waals surface area contributed by atoms with Gasteiger partial charge in [0.15, 0.2) is 11.5 Å². The number of aromatic nitrogens is 1. The molecular formula is C12H13NO3. The number of hydrogen-bond acceptors (Lipinski definition) is 3. The summed E-state index contributed by atoms with van der Waals surface area (Å²) in [6.45, 7) is 1.92. The maximum Gasteiger partial charge on any atom is 0.248 e. The van der Waals surface area contributed by atoms with E-state index in [4.69, 9.17) is 9.47 Å². The number of H-pyrrole nitrogens is 1. The van der Waals surface area contributed by atoms with Crippen LogP contribution in [0, 0.1) is 6.92 Å². The highest BCUT2D eigenvalue weighted by molar-refractivity contribution is 5.91. The molecule has 84 valence electrons. The van der Waals surface area contributed by atoms with Crippen molar-refractivity contribution in [2.24, 2.45) is 0 Å². The highest BCUT2D eigenvalue weighted by Crippen LogP contribution is 2.37. The number of pyridine rings is 1. The number of methoxy groups -OCH3 is 2. The first kappa shape index (κ1) is 10.5. The van der Waals surface area contributed by atoms with Gasteiger partial charge >= 0.3 is 0 Å². The largest absolute Gasteiger partial charge is 0.493 e. The molecule has 0 atom stereocenters. The number of aryl methyl sites for hydroxylation is 1. The highest BCUT2D eigenvalue weighted by atomic mass is 16.5. The van der Waals surface area contributed by atoms with E-state index in [1.165, 1.54) is 0 Å². The van der Waals surface area contributed by atoms with Gasteiger partial charge in [-0.2, -0.15) is 0 Å². The summed E-state index contributed by atoms with van der Waals surface area (Å²) < 4.78 is 10.6. The van der Waals surface area contributed by atoms with Crippen LogP contribution in [0.2, 0.25) is 0 Å². The van der Waals surface area contributed by atoms with Gasteiger partial charge in [-0.3, -0.25) is 4.79 Å². The van der Waals surface area contributed by atoms with Crippen molar-refractivity contribution in [1.29, 1.82) is 0 Å². The van der Waals surface area contributed by atoms with Gasteiger partial charge in [0.1, 0.15) is 0 Å². The van der Waals surface area contributed by atoms with Gasteiger partial charge in [0, 0.05) is 17.6 Å². The Morgan fingerprint density at radius 3 is 2.44 bits per heavy atom. The summed E-state index contributed by atoms with van der Waals surface area (Å²) in [5.41, 5.74) is 0.816. The van der Waals surface area contributed by atoms with E-state index in [9.17, 15) is 4.79 Å². The van der Waals surface area contributed by atoms with E-state index >= 15 is 0 Å². The molecule has 0 fully saturated rings. The van der Waals surface area contributed by atoms with Crippen molar-refractivity contribution in [3.05, 3.63) is 34.2 Å². The molecule has 0 aliphatic rings. The molecule has 4 nitrogen and oxygen atoms in total. The minimum absolute atomic E-state index is 0.126. The van der Waals surface area contributed by atoms with Crippen molar-refractivity contribution in [2.75, 3.05) is 14.2 Å². The monoisotopic (exact) mass is 219 g/mol. The maximum absolute atomic E-state index is 11.2. The Morgan fingerprint density at radius 2 is 1.81 bits per heavy atom. The second kappa shape index (κ2) is 3.89. The lowest BCUT2D eigenvalue weighted by Crippen LogP contribution is -2.03. The van der Waals surface area contributed by atoms with Crippen LogP contribution >= 0.6 is 0 Å². The fraction of sp³-hybridized carbons (Fsp3) is 0.250. The zero-order valence-corrected chi connectivity index (χ0v) is 9.46. The Kier molecular flexibility index (Phi) is 2.56. The number of aromatic amines is 1. The molecule has 0 unspecified atom stereocenters. The third-order valence-electron chi connectivity index (χ3n) is 2.55. The van der Waals surface area contributed by atoms with Crippen molar-refractivity contribution in [3.63, 3.8) is 0 Å². The Morgan fingerprint density at radius 1 is 1.12 bits per heavy atom. The molecule has 1 aromatic heterocycles. The standard InChI is InChI=1S/C12H13NO3/c1-7-4-8-5-10(14)13-6-9(8)12(16-3)11(7)15-2/h4-6H,1-3H3,(H,13,14). The molecule has 1 heterocycles. The zero-order chi connectivity index (χ0) is 11.7. The van der Waals surface area contributed by atoms with Crippen LogP contribution in [0.3, 0.4) is 0 Å². The molecule has 0 amide bonds. The van der Waals surface area contributed by atoms with Crippen molar-refractivity contribution in [1.82, 2.24) is 4.98 Å². The smallest absolute Gasteiger partial charge is 0.248 e. The molecule has 16 heavy (non-hydrogen) atoms. The second-order valence-corrected chi connectivity index (χ2v) is 3.56. The average Bonchev–Trinajstić information content (AvgIpc) is 2.26. The molecular weight excluding hydrogens is 206 g/mol. The molecule has 1 aromatic carbocycles. The Balaban J connectivity index is 2.90. The molecule has 1 N–H and O–H groups in total. The molecule has 0 saturated carbocycles. The fourth-order valence-electron chi connectivity index (χ4n) is 1.86. The average molecular weight is 219 g/mol. The second-order valence-electron chi connectivity index (χ2n) is 3.56. The normalized spacial score (nSPS) is 10.4. The number of benzene rings is 1. The van der Waals surface area contributed by atoms with E-state index in [0.717, 1.165) is 16.3 Å². The van der Waals surface area contributed by atoms with Crippen LogP contribution in [0.4, 0.5) is 0 Å². The molecule has 0 aliphatic carbocycles. The molecule has 0 saturated heterocycles. The van der Waals surface area contributed by atoms with Crippen LogP contribution in [-0.4, -0.2) is 19.2 Å². The van der Waals surface area contributed by atoms with Gasteiger partial charge in [0.05, 0.1) is 14.2 Å². The SMILES string of the molecule is COc1c(C)cc2cc(=O)[nH]cc2c1OC. The summed E-state index contributed by atoms with van der Waals surface area (Å²) in [6.07, 6.45) is 1.64. The predicted molar refractivity (Wildman–Crippen MR) is 62.4 cm³/mol. The van der Waals surface area contributed by atoms with E-state index in [2.05, 4.69) is 4.98 Å². The molecule has 2 aromatic rings. The molecule has 4 heteroatoms. The van der Waals surface area contributed by atoms with Gasteiger partial charge in [0.2, 0.25) is 5.56 Å². The lowest BCUT2D eigenvalue weighted by atomic mass is 10.1. The number of nitrogens with one attached hydrogen (secondary N) is 1. The maximum atomic E-state index is 11.2. The summed E-state index contributed by atoms with van der Waals surface area (Å²) in [5.74, 6) is 1.34. The molecule has 0 bridgehead atoms. The fourth-order valence-corrected chi connectivity index (χ4v) is 1.86. The van der Waals surface area contributed by atoms with Crippen LogP contribution in [0.25, 0.3) is 10.8 Å². The molecule has 0 radical (unpaired) electrons. The number of ether oxygens (including phenoxy) is 2. The van der Waals surface area contributed by atoms with Crippen LogP contribution in [0.5, 0.6) is 11.5 Å². The number of hydrogen-bond donors (Lipinski definition) is 1. The third kappa shape index (κ3) is 1.52. The molecule has 0 aliphatic heterocycles. The minimum atomic E-state index is -0.126. The van der Waals surface area contributed by atoms with Gasteiger partial charge in [-0.15, -0.1) is 0 Å². The lowest BCUT2D eigenvalue weighted by molar-refractivity contribution is 0.356. The van der Waals surface area contributed by atoms with Crippen LogP contribution in [0.15, 0.2) is 23.1 Å². The first-order valence-corrected chi connectivity index (χ1v) is 4.91. The number of fused-ring (bicyclic) bond motifs is 1. The Bertz CT molecular complexity index is 587. The van der Waals surface area contributed by atoms with Gasteiger partial charge in [-0.25, -0.2) is 0 Å². The Labute approximate surface area is 92.8 Å². The summed E-state index contributed by atoms with van der Waals surface area (Å²) in [5, 5.41) is 1.68. The predicted octanol–water partition coefficient (Wildman–Crippen LogP) is 1.85. The van der Waals surface area contributed by atoms with Crippen LogP contribution in [0.1, 0.15) is 5.56 Å². The first-order valence-electron chi connectivity index (χ1n) is 4.91. The van der Waals surface area contributed by atoms with E-state index in [1.807, 2.05) is 13.0 Å². The van der Waals surface area contributed by atoms with Gasteiger partial charge in [0.25, 0.3) is 0 Å².